The fourth-order valence-corrected chi connectivity index (χ4v) is 3.40. The highest BCUT2D eigenvalue weighted by atomic mass is 32.1. The van der Waals surface area contributed by atoms with Crippen LogP contribution in [0.5, 0.6) is 0 Å². The van der Waals surface area contributed by atoms with Gasteiger partial charge in [-0.1, -0.05) is 0 Å². The second kappa shape index (κ2) is 5.67. The topological polar surface area (TPSA) is 55.1 Å². The highest BCUT2D eigenvalue weighted by molar-refractivity contribution is 7.12. The molecule has 1 heterocycles. The van der Waals surface area contributed by atoms with Crippen LogP contribution in [0.3, 0.4) is 0 Å². The number of benzene rings is 1. The monoisotopic (exact) mass is 288 g/mol. The summed E-state index contributed by atoms with van der Waals surface area (Å²) in [6.07, 6.45) is 0. The summed E-state index contributed by atoms with van der Waals surface area (Å²) in [5, 5.41) is 3.03. The molecule has 0 spiro atoms. The zero-order valence-electron chi connectivity index (χ0n) is 12.3. The highest BCUT2D eigenvalue weighted by Gasteiger charge is 2.15. The molecule has 2 rings (SSSR count). The van der Waals surface area contributed by atoms with E-state index in [1.54, 1.807) is 17.4 Å². The molecular weight excluding hydrogens is 268 g/mol. The zero-order chi connectivity index (χ0) is 14.9. The Hall–Kier alpha value is -1.81. The lowest BCUT2D eigenvalue weighted by Gasteiger charge is -2.14. The van der Waals surface area contributed by atoms with Crippen LogP contribution in [0.25, 0.3) is 0 Å². The Balaban J connectivity index is 2.17. The van der Waals surface area contributed by atoms with Crippen LogP contribution in [0.4, 0.5) is 5.69 Å². The predicted molar refractivity (Wildman–Crippen MR) is 85.3 cm³/mol. The van der Waals surface area contributed by atoms with E-state index in [9.17, 15) is 4.79 Å². The van der Waals surface area contributed by atoms with Crippen molar-refractivity contribution in [1.29, 1.82) is 0 Å². The maximum Gasteiger partial charge on any atom is 0.251 e. The average Bonchev–Trinajstić information content (AvgIpc) is 2.67. The Morgan fingerprint density at radius 1 is 1.20 bits per heavy atom. The molecule has 1 aromatic carbocycles. The lowest BCUT2D eigenvalue weighted by molar-refractivity contribution is 0.0940. The molecule has 0 radical (unpaired) electrons. The summed E-state index contributed by atoms with van der Waals surface area (Å²) in [4.78, 5) is 14.8. The molecule has 0 saturated heterocycles. The second-order valence-electron chi connectivity index (χ2n) is 5.20. The van der Waals surface area contributed by atoms with Gasteiger partial charge in [0.1, 0.15) is 0 Å². The van der Waals surface area contributed by atoms with E-state index in [0.717, 1.165) is 5.56 Å². The lowest BCUT2D eigenvalue weighted by atomic mass is 10.1. The van der Waals surface area contributed by atoms with Crippen molar-refractivity contribution < 1.29 is 4.79 Å². The van der Waals surface area contributed by atoms with Gasteiger partial charge in [0.2, 0.25) is 0 Å². The van der Waals surface area contributed by atoms with Crippen LogP contribution >= 0.6 is 11.3 Å². The number of thiophene rings is 1. The molecule has 1 atom stereocenters. The van der Waals surface area contributed by atoms with Gasteiger partial charge in [-0.15, -0.1) is 11.3 Å². The summed E-state index contributed by atoms with van der Waals surface area (Å²) < 4.78 is 0. The molecule has 1 amide bonds. The molecule has 0 aliphatic rings. The smallest absolute Gasteiger partial charge is 0.251 e. The largest absolute Gasteiger partial charge is 0.399 e. The number of nitrogens with two attached hydrogens (primary N) is 1. The van der Waals surface area contributed by atoms with Gasteiger partial charge in [0.05, 0.1) is 6.04 Å². The predicted octanol–water partition coefficient (Wildman–Crippen LogP) is 3.75. The van der Waals surface area contributed by atoms with Crippen molar-refractivity contribution in [3.63, 3.8) is 0 Å². The van der Waals surface area contributed by atoms with E-state index >= 15 is 0 Å². The molecule has 1 unspecified atom stereocenters. The quantitative estimate of drug-likeness (QED) is 0.845. The van der Waals surface area contributed by atoms with Gasteiger partial charge in [0.15, 0.2) is 0 Å². The number of nitrogen functional groups attached to an aromatic ring is 1. The molecule has 0 aliphatic carbocycles. The van der Waals surface area contributed by atoms with Crippen LogP contribution in [-0.2, 0) is 0 Å². The average molecular weight is 288 g/mol. The van der Waals surface area contributed by atoms with Crippen molar-refractivity contribution in [1.82, 2.24) is 5.32 Å². The number of anilines is 1. The standard InChI is InChI=1S/C16H20N2OS/c1-9-5-13(8-14(17)6-9)16(19)18-11(3)15-7-10(2)20-12(15)4/h5-8,11H,17H2,1-4H3,(H,18,19). The summed E-state index contributed by atoms with van der Waals surface area (Å²) in [5.41, 5.74) is 9.19. The first-order valence-electron chi connectivity index (χ1n) is 6.62. The molecular formula is C16H20N2OS. The summed E-state index contributed by atoms with van der Waals surface area (Å²) in [7, 11) is 0. The van der Waals surface area contributed by atoms with E-state index < -0.39 is 0 Å². The second-order valence-corrected chi connectivity index (χ2v) is 6.66. The Morgan fingerprint density at radius 2 is 1.90 bits per heavy atom. The van der Waals surface area contributed by atoms with Crippen molar-refractivity contribution in [3.8, 4) is 0 Å². The van der Waals surface area contributed by atoms with Crippen molar-refractivity contribution in [2.24, 2.45) is 0 Å². The fraction of sp³-hybridized carbons (Fsp3) is 0.312. The maximum atomic E-state index is 12.3. The third kappa shape index (κ3) is 3.20. The molecule has 0 bridgehead atoms. The zero-order valence-corrected chi connectivity index (χ0v) is 13.1. The number of aryl methyl sites for hydroxylation is 3. The lowest BCUT2D eigenvalue weighted by Crippen LogP contribution is -2.26. The van der Waals surface area contributed by atoms with Crippen LogP contribution in [0.2, 0.25) is 0 Å². The van der Waals surface area contributed by atoms with Gasteiger partial charge >= 0.3 is 0 Å². The Morgan fingerprint density at radius 3 is 2.45 bits per heavy atom. The molecule has 3 N–H and O–H groups in total. The van der Waals surface area contributed by atoms with Crippen LogP contribution < -0.4 is 11.1 Å². The number of amides is 1. The van der Waals surface area contributed by atoms with E-state index in [-0.39, 0.29) is 11.9 Å². The number of carbonyl (C=O) groups excluding carboxylic acids is 1. The van der Waals surface area contributed by atoms with Crippen molar-refractivity contribution in [2.75, 3.05) is 5.73 Å². The molecule has 3 nitrogen and oxygen atoms in total. The molecule has 1 aromatic heterocycles. The molecule has 4 heteroatoms. The van der Waals surface area contributed by atoms with E-state index in [2.05, 4.69) is 25.2 Å². The van der Waals surface area contributed by atoms with Crippen LogP contribution in [0, 0.1) is 20.8 Å². The molecule has 20 heavy (non-hydrogen) atoms. The van der Waals surface area contributed by atoms with Crippen LogP contribution in [-0.4, -0.2) is 5.91 Å². The molecule has 0 fully saturated rings. The van der Waals surface area contributed by atoms with Gasteiger partial charge in [0, 0.05) is 21.0 Å². The fourth-order valence-electron chi connectivity index (χ4n) is 2.38. The van der Waals surface area contributed by atoms with Gasteiger partial charge < -0.3 is 11.1 Å². The summed E-state index contributed by atoms with van der Waals surface area (Å²) in [5.74, 6) is -0.0869. The molecule has 2 aromatic rings. The minimum atomic E-state index is -0.0869. The summed E-state index contributed by atoms with van der Waals surface area (Å²) >= 11 is 1.75. The van der Waals surface area contributed by atoms with Gasteiger partial charge in [-0.3, -0.25) is 4.79 Å². The van der Waals surface area contributed by atoms with Crippen LogP contribution in [0.15, 0.2) is 24.3 Å². The van der Waals surface area contributed by atoms with Crippen molar-refractivity contribution >= 4 is 22.9 Å². The van der Waals surface area contributed by atoms with E-state index in [1.807, 2.05) is 26.0 Å². The Kier molecular flexibility index (Phi) is 4.14. The van der Waals surface area contributed by atoms with Gasteiger partial charge in [-0.2, -0.15) is 0 Å². The number of carbonyl (C=O) groups is 1. The number of hydrogen-bond donors (Lipinski definition) is 2. The highest BCUT2D eigenvalue weighted by Crippen LogP contribution is 2.26. The van der Waals surface area contributed by atoms with Crippen LogP contribution in [0.1, 0.15) is 44.2 Å². The van der Waals surface area contributed by atoms with Crippen molar-refractivity contribution in [2.45, 2.75) is 33.7 Å². The van der Waals surface area contributed by atoms with Gasteiger partial charge in [0.25, 0.3) is 5.91 Å². The SMILES string of the molecule is Cc1cc(N)cc(C(=O)NC(C)c2cc(C)sc2C)c1. The summed E-state index contributed by atoms with van der Waals surface area (Å²) in [6, 6.07) is 7.54. The van der Waals surface area contributed by atoms with Crippen molar-refractivity contribution in [3.05, 3.63) is 50.7 Å². The first kappa shape index (κ1) is 14.6. The normalized spacial score (nSPS) is 12.2. The molecule has 106 valence electrons. The van der Waals surface area contributed by atoms with E-state index in [0.29, 0.717) is 11.3 Å². The van der Waals surface area contributed by atoms with E-state index in [1.165, 1.54) is 15.3 Å². The Bertz CT molecular complexity index is 626. The number of nitrogens with one attached hydrogen (secondary N) is 1. The third-order valence-corrected chi connectivity index (χ3v) is 4.24. The minimum Gasteiger partial charge on any atom is -0.399 e. The van der Waals surface area contributed by atoms with Gasteiger partial charge in [-0.25, -0.2) is 0 Å². The minimum absolute atomic E-state index is 0.00538. The maximum absolute atomic E-state index is 12.3. The number of hydrogen-bond acceptors (Lipinski definition) is 3. The molecule has 0 aliphatic heterocycles. The third-order valence-electron chi connectivity index (χ3n) is 3.26. The Labute approximate surface area is 123 Å². The summed E-state index contributed by atoms with van der Waals surface area (Å²) in [6.45, 7) is 8.10. The van der Waals surface area contributed by atoms with Gasteiger partial charge in [-0.05, 0) is 63.1 Å². The first-order chi connectivity index (χ1) is 9.36. The number of rotatable bonds is 3. The molecule has 0 saturated carbocycles. The first-order valence-corrected chi connectivity index (χ1v) is 7.43. The van der Waals surface area contributed by atoms with E-state index in [4.69, 9.17) is 5.73 Å².